The van der Waals surface area contributed by atoms with Crippen molar-refractivity contribution in [2.75, 3.05) is 11.5 Å². The van der Waals surface area contributed by atoms with Crippen LogP contribution >= 0.6 is 46.2 Å². The molecule has 24 heteroatoms. The van der Waals surface area contributed by atoms with Crippen molar-refractivity contribution < 1.29 is 44.9 Å². The first-order valence-electron chi connectivity index (χ1n) is 19.6. The van der Waals surface area contributed by atoms with Crippen molar-refractivity contribution in [1.82, 2.24) is 9.97 Å². The summed E-state index contributed by atoms with van der Waals surface area (Å²) in [6, 6.07) is 24.9. The lowest BCUT2D eigenvalue weighted by Crippen LogP contribution is -2.17. The number of nitrogens with zero attached hydrogens (tertiary/aromatic N) is 6. The molecule has 0 spiro atoms. The molecule has 2 aromatic heterocycles. The summed E-state index contributed by atoms with van der Waals surface area (Å²) in [5, 5.41) is 37.6. The third kappa shape index (κ3) is 9.40. The minimum absolute atomic E-state index is 0.0106. The Kier molecular flexibility index (Phi) is 12.2. The molecule has 0 saturated carbocycles. The zero-order valence-corrected chi connectivity index (χ0v) is 39.4. The van der Waals surface area contributed by atoms with Gasteiger partial charge in [0.25, 0.3) is 11.4 Å². The van der Waals surface area contributed by atoms with Crippen LogP contribution in [0.1, 0.15) is 22.5 Å². The van der Waals surface area contributed by atoms with Crippen LogP contribution in [-0.4, -0.2) is 81.4 Å². The van der Waals surface area contributed by atoms with Crippen LogP contribution in [-0.2, 0) is 25.0 Å². The van der Waals surface area contributed by atoms with Crippen molar-refractivity contribution in [3.63, 3.8) is 0 Å². The van der Waals surface area contributed by atoms with Gasteiger partial charge in [-0.25, -0.2) is 14.8 Å². The number of carboxylic acids is 1. The average Bonchev–Trinajstić information content (AvgIpc) is 4.12. The lowest BCUT2D eigenvalue weighted by atomic mass is 10.1. The molecule has 0 fully saturated rings. The molecule has 2 unspecified atom stereocenters. The van der Waals surface area contributed by atoms with Crippen molar-refractivity contribution in [3.05, 3.63) is 139 Å². The fourth-order valence-corrected chi connectivity index (χ4v) is 13.3. The van der Waals surface area contributed by atoms with Crippen molar-refractivity contribution in [2.24, 2.45) is 9.98 Å². The number of hydrogen-bond acceptors (Lipinski definition) is 19. The van der Waals surface area contributed by atoms with E-state index in [2.05, 4.69) is 21.9 Å². The minimum atomic E-state index is -4.45. The zero-order valence-electron chi connectivity index (χ0n) is 34.5. The number of aromatic nitrogens is 2. The topological polar surface area (TPSA) is 261 Å². The second kappa shape index (κ2) is 17.9. The summed E-state index contributed by atoms with van der Waals surface area (Å²) in [4.78, 5) is 49.5. The Labute approximate surface area is 396 Å². The van der Waals surface area contributed by atoms with Gasteiger partial charge in [-0.3, -0.25) is 30.2 Å². The monoisotopic (exact) mass is 1010 g/mol. The summed E-state index contributed by atoms with van der Waals surface area (Å²) in [7, 11) is -8.58. The maximum absolute atomic E-state index is 12.8. The van der Waals surface area contributed by atoms with Gasteiger partial charge in [0.1, 0.15) is 36.5 Å². The summed E-state index contributed by atoms with van der Waals surface area (Å²) in [5.41, 5.74) is 1.37. The quantitative estimate of drug-likeness (QED) is 0.0718. The number of carboxylic acid groups (broad SMARTS) is 1. The number of thiazole rings is 2. The fraction of sp³-hybridized carbons (Fsp3) is 0.140. The van der Waals surface area contributed by atoms with Crippen LogP contribution in [0.3, 0.4) is 0 Å². The van der Waals surface area contributed by atoms with Crippen LogP contribution in [0.15, 0.2) is 123 Å². The van der Waals surface area contributed by atoms with Crippen molar-refractivity contribution >= 4 is 136 Å². The van der Waals surface area contributed by atoms with Crippen LogP contribution in [0, 0.1) is 27.2 Å². The first-order chi connectivity index (χ1) is 31.9. The van der Waals surface area contributed by atoms with Gasteiger partial charge in [-0.2, -0.15) is 16.8 Å². The first kappa shape index (κ1) is 45.6. The highest BCUT2D eigenvalue weighted by Gasteiger charge is 2.30. The number of rotatable bonds is 11. The Morgan fingerprint density at radius 1 is 0.687 bits per heavy atom. The van der Waals surface area contributed by atoms with E-state index in [0.29, 0.717) is 32.3 Å². The number of non-ortho nitro benzene ring substituents is 1. The van der Waals surface area contributed by atoms with Gasteiger partial charge in [-0.05, 0) is 96.9 Å². The molecule has 0 amide bonds. The largest absolute Gasteiger partial charge is 0.480 e. The highest BCUT2D eigenvalue weighted by Crippen LogP contribution is 2.38. The maximum atomic E-state index is 12.8. The van der Waals surface area contributed by atoms with Crippen molar-refractivity contribution in [1.29, 1.82) is 0 Å². The predicted octanol–water partition coefficient (Wildman–Crippen LogP) is 9.39. The molecule has 18 nitrogen and oxygen atoms in total. The summed E-state index contributed by atoms with van der Waals surface area (Å²) in [5.74, 6) is 0.504. The molecule has 10 rings (SSSR count). The molecule has 0 radical (unpaired) electrons. The van der Waals surface area contributed by atoms with Crippen LogP contribution in [0.2, 0.25) is 0 Å². The Balaban J connectivity index is 0.000000169. The molecule has 0 aliphatic carbocycles. The van der Waals surface area contributed by atoms with E-state index in [1.54, 1.807) is 60.4 Å². The molecule has 2 aliphatic rings. The van der Waals surface area contributed by atoms with Gasteiger partial charge in [0, 0.05) is 40.5 Å². The van der Waals surface area contributed by atoms with Gasteiger partial charge in [-0.15, -0.1) is 46.2 Å². The van der Waals surface area contributed by atoms with Crippen molar-refractivity contribution in [3.8, 4) is 11.5 Å². The Morgan fingerprint density at radius 3 is 1.75 bits per heavy atom. The van der Waals surface area contributed by atoms with Crippen LogP contribution in [0.4, 0.5) is 11.4 Å². The van der Waals surface area contributed by atoms with Gasteiger partial charge in [0.2, 0.25) is 0 Å². The fourth-order valence-electron chi connectivity index (χ4n) is 6.94. The second-order valence-corrected chi connectivity index (χ2v) is 22.0. The molecule has 2 aliphatic heterocycles. The second-order valence-electron chi connectivity index (χ2n) is 14.9. The Morgan fingerprint density at radius 2 is 1.24 bits per heavy atom. The number of benzene rings is 6. The number of aryl methyl sites for hydroxylation is 1. The average molecular weight is 1020 g/mol. The molecule has 2 atom stereocenters. The molecule has 8 aromatic rings. The van der Waals surface area contributed by atoms with E-state index >= 15 is 0 Å². The van der Waals surface area contributed by atoms with E-state index < -0.39 is 52.7 Å². The van der Waals surface area contributed by atoms with Crippen LogP contribution in [0.5, 0.6) is 11.5 Å². The van der Waals surface area contributed by atoms with E-state index in [0.717, 1.165) is 77.2 Å². The first-order valence-corrected chi connectivity index (χ1v) is 26.0. The number of nitro benzene ring substituents is 2. The summed E-state index contributed by atoms with van der Waals surface area (Å²) < 4.78 is 63.2. The molecule has 6 aromatic carbocycles. The molecular formula is C43H30N6O12S6. The highest BCUT2D eigenvalue weighted by molar-refractivity contribution is 8.15. The number of nitro groups is 2. The van der Waals surface area contributed by atoms with Gasteiger partial charge in [-0.1, -0.05) is 18.2 Å². The molecule has 4 heterocycles. The summed E-state index contributed by atoms with van der Waals surface area (Å²) in [6.07, 6.45) is 0. The number of fused-ring (bicyclic) bond motifs is 6. The van der Waals surface area contributed by atoms with E-state index in [9.17, 15) is 41.9 Å². The number of hydrogen-bond donors (Lipinski definition) is 1. The van der Waals surface area contributed by atoms with E-state index in [1.807, 2.05) is 18.2 Å². The SMILES string of the molecule is CC1CSC(c2nc3ccc4cc(OS(=O)(=O)c5ccc([N+](=O)[O-])cc5)ccc4c3s2)=N1.Cc1ccc(S(=O)(=O)Oc2ccc3c(ccc4nc(C5=NC(C(=O)O)CS5)sc43)c2)c([N+](=O)[O-])c1. The molecule has 340 valence electrons. The summed E-state index contributed by atoms with van der Waals surface area (Å²) in [6.45, 7) is 3.71. The zero-order chi connectivity index (χ0) is 47.4. The lowest BCUT2D eigenvalue weighted by Gasteiger charge is -2.09. The van der Waals surface area contributed by atoms with E-state index in [-0.39, 0.29) is 28.1 Å². The van der Waals surface area contributed by atoms with E-state index in [1.165, 1.54) is 47.4 Å². The minimum Gasteiger partial charge on any atom is -0.480 e. The lowest BCUT2D eigenvalue weighted by molar-refractivity contribution is -0.387. The molecule has 67 heavy (non-hydrogen) atoms. The third-order valence-electron chi connectivity index (χ3n) is 10.1. The number of thioether (sulfide) groups is 2. The number of carbonyl (C=O) groups is 1. The highest BCUT2D eigenvalue weighted by atomic mass is 32.2. The van der Waals surface area contributed by atoms with Gasteiger partial charge < -0.3 is 13.5 Å². The van der Waals surface area contributed by atoms with Crippen LogP contribution in [0.25, 0.3) is 42.0 Å². The smallest absolute Gasteiger partial charge is 0.346 e. The molecular weight excluding hydrogens is 985 g/mol. The van der Waals surface area contributed by atoms with E-state index in [4.69, 9.17) is 18.5 Å². The number of aliphatic imine (C=N–C) groups is 2. The molecule has 1 N–H and O–H groups in total. The Bertz CT molecular complexity index is 3670. The normalized spacial score (nSPS) is 16.1. The molecule has 0 saturated heterocycles. The number of aliphatic carboxylic acids is 1. The predicted molar refractivity (Wildman–Crippen MR) is 260 cm³/mol. The standard InChI is InChI=1S/C22H15N3O7S3.C21H15N3O5S3/c1-11-2-7-18(17(8-11)25(28)29)35(30,31)32-13-4-5-14-12(9-13)3-6-15-19(14)34-21(23-15)20-24-16(10-33-20)22(26)27;1-12-11-30-20(22-12)21-23-18-9-2-13-10-15(5-8-17(13)19(18)31-21)29-32(27,28)16-6-3-14(4-7-16)24(25)26/h2-9,16H,10H2,1H3,(H,26,27);2-10,12H,11H2,1H3. The van der Waals surface area contributed by atoms with Crippen LogP contribution < -0.4 is 8.37 Å². The van der Waals surface area contributed by atoms with Crippen molar-refractivity contribution in [2.45, 2.75) is 35.7 Å². The summed E-state index contributed by atoms with van der Waals surface area (Å²) >= 11 is 5.99. The Hall–Kier alpha value is -6.57. The third-order valence-corrected chi connectivity index (χ3v) is 17.4. The molecule has 0 bridgehead atoms. The van der Waals surface area contributed by atoms with Gasteiger partial charge in [0.15, 0.2) is 10.9 Å². The van der Waals surface area contributed by atoms with Gasteiger partial charge >= 0.3 is 26.2 Å². The maximum Gasteiger partial charge on any atom is 0.346 e. The van der Waals surface area contributed by atoms with Gasteiger partial charge in [0.05, 0.1) is 36.3 Å².